The van der Waals surface area contributed by atoms with Gasteiger partial charge in [0.25, 0.3) is 5.19 Å². The lowest BCUT2D eigenvalue weighted by Gasteiger charge is -2.00. The molecule has 0 amide bonds. The Morgan fingerprint density at radius 3 is 2.44 bits per heavy atom. The molecule has 18 heavy (non-hydrogen) atoms. The van der Waals surface area contributed by atoms with E-state index in [9.17, 15) is 0 Å². The highest BCUT2D eigenvalue weighted by atomic mass is 32.1. The van der Waals surface area contributed by atoms with Crippen molar-refractivity contribution < 1.29 is 4.74 Å². The van der Waals surface area contributed by atoms with Crippen LogP contribution in [0, 0.1) is 13.8 Å². The highest BCUT2D eigenvalue weighted by Crippen LogP contribution is 2.31. The summed E-state index contributed by atoms with van der Waals surface area (Å²) in [4.78, 5) is 4.47. The van der Waals surface area contributed by atoms with E-state index in [1.807, 2.05) is 30.3 Å². The van der Waals surface area contributed by atoms with E-state index in [1.54, 1.807) is 11.3 Å². The number of hydrogen-bond acceptors (Lipinski definition) is 3. The van der Waals surface area contributed by atoms with E-state index in [2.05, 4.69) is 31.0 Å². The highest BCUT2D eigenvalue weighted by Gasteiger charge is 2.05. The summed E-state index contributed by atoms with van der Waals surface area (Å²) < 4.78 is 6.93. The first-order valence-corrected chi connectivity index (χ1v) is 6.64. The summed E-state index contributed by atoms with van der Waals surface area (Å²) in [6, 6.07) is 14.2. The normalized spacial score (nSPS) is 10.8. The van der Waals surface area contributed by atoms with Crippen LogP contribution >= 0.6 is 11.3 Å². The topological polar surface area (TPSA) is 22.1 Å². The molecule has 0 fully saturated rings. The lowest BCUT2D eigenvalue weighted by Crippen LogP contribution is -1.82. The number of thiazole rings is 1. The van der Waals surface area contributed by atoms with Crippen molar-refractivity contribution >= 4 is 21.6 Å². The van der Waals surface area contributed by atoms with Gasteiger partial charge in [-0.2, -0.15) is 0 Å². The molecule has 2 nitrogen and oxygen atoms in total. The average molecular weight is 255 g/mol. The molecular formula is C15H13NOS. The van der Waals surface area contributed by atoms with Gasteiger partial charge in [0.1, 0.15) is 5.75 Å². The molecule has 0 N–H and O–H groups in total. The molecule has 1 aromatic heterocycles. The van der Waals surface area contributed by atoms with E-state index in [4.69, 9.17) is 4.74 Å². The van der Waals surface area contributed by atoms with Crippen LogP contribution < -0.4 is 4.74 Å². The van der Waals surface area contributed by atoms with E-state index in [0.29, 0.717) is 5.19 Å². The van der Waals surface area contributed by atoms with Gasteiger partial charge in [0.15, 0.2) is 0 Å². The summed E-state index contributed by atoms with van der Waals surface area (Å²) in [5.41, 5.74) is 3.46. The third-order valence-corrected chi connectivity index (χ3v) is 3.65. The fourth-order valence-corrected chi connectivity index (χ4v) is 2.69. The Morgan fingerprint density at radius 1 is 0.944 bits per heavy atom. The molecule has 0 atom stereocenters. The summed E-state index contributed by atoms with van der Waals surface area (Å²) >= 11 is 1.58. The molecule has 2 aromatic carbocycles. The zero-order valence-electron chi connectivity index (χ0n) is 10.3. The summed E-state index contributed by atoms with van der Waals surface area (Å²) in [5, 5.41) is 0.694. The Kier molecular flexibility index (Phi) is 2.76. The first kappa shape index (κ1) is 11.2. The monoisotopic (exact) mass is 255 g/mol. The zero-order chi connectivity index (χ0) is 12.5. The lowest BCUT2D eigenvalue weighted by atomic mass is 10.2. The van der Waals surface area contributed by atoms with E-state index in [-0.39, 0.29) is 0 Å². The quantitative estimate of drug-likeness (QED) is 0.662. The largest absolute Gasteiger partial charge is 0.431 e. The van der Waals surface area contributed by atoms with Crippen molar-refractivity contribution in [3.8, 4) is 10.9 Å². The minimum absolute atomic E-state index is 0.694. The Bertz CT molecular complexity index is 685. The van der Waals surface area contributed by atoms with Gasteiger partial charge in [-0.15, -0.1) is 0 Å². The van der Waals surface area contributed by atoms with Gasteiger partial charge in [-0.05, 0) is 43.7 Å². The van der Waals surface area contributed by atoms with E-state index >= 15 is 0 Å². The second-order valence-electron chi connectivity index (χ2n) is 4.37. The van der Waals surface area contributed by atoms with Crippen LogP contribution in [-0.2, 0) is 0 Å². The van der Waals surface area contributed by atoms with Gasteiger partial charge in [-0.25, -0.2) is 4.98 Å². The number of hydrogen-bond donors (Lipinski definition) is 0. The highest BCUT2D eigenvalue weighted by molar-refractivity contribution is 7.20. The molecule has 1 heterocycles. The van der Waals surface area contributed by atoms with Gasteiger partial charge in [-0.3, -0.25) is 0 Å². The Hall–Kier alpha value is -1.87. The van der Waals surface area contributed by atoms with Crippen LogP contribution in [0.25, 0.3) is 10.2 Å². The second kappa shape index (κ2) is 4.42. The maximum absolute atomic E-state index is 5.77. The van der Waals surface area contributed by atoms with Crippen LogP contribution in [0.4, 0.5) is 0 Å². The van der Waals surface area contributed by atoms with E-state index in [0.717, 1.165) is 16.0 Å². The molecule has 0 saturated heterocycles. The zero-order valence-corrected chi connectivity index (χ0v) is 11.1. The molecular weight excluding hydrogens is 242 g/mol. The van der Waals surface area contributed by atoms with Crippen LogP contribution in [0.5, 0.6) is 10.9 Å². The minimum atomic E-state index is 0.694. The van der Waals surface area contributed by atoms with Crippen molar-refractivity contribution in [2.24, 2.45) is 0 Å². The van der Waals surface area contributed by atoms with E-state index in [1.165, 1.54) is 11.1 Å². The molecule has 0 saturated carbocycles. The van der Waals surface area contributed by atoms with Gasteiger partial charge in [-0.1, -0.05) is 35.1 Å². The average Bonchev–Trinajstić information content (AvgIpc) is 2.73. The summed E-state index contributed by atoms with van der Waals surface area (Å²) in [7, 11) is 0. The maximum atomic E-state index is 5.77. The van der Waals surface area contributed by atoms with Crippen molar-refractivity contribution in [3.05, 3.63) is 53.6 Å². The molecule has 3 aromatic rings. The summed E-state index contributed by atoms with van der Waals surface area (Å²) in [5.74, 6) is 0.830. The smallest absolute Gasteiger partial charge is 0.279 e. The van der Waals surface area contributed by atoms with Crippen molar-refractivity contribution in [1.29, 1.82) is 0 Å². The predicted molar refractivity (Wildman–Crippen MR) is 75.6 cm³/mol. The second-order valence-corrected chi connectivity index (χ2v) is 5.36. The third-order valence-electron chi connectivity index (χ3n) is 2.75. The number of rotatable bonds is 2. The Balaban J connectivity index is 1.92. The van der Waals surface area contributed by atoms with Crippen LogP contribution in [-0.4, -0.2) is 4.98 Å². The maximum Gasteiger partial charge on any atom is 0.279 e. The van der Waals surface area contributed by atoms with Gasteiger partial charge in [0.2, 0.25) is 0 Å². The first-order chi connectivity index (χ1) is 8.70. The number of benzene rings is 2. The van der Waals surface area contributed by atoms with Crippen LogP contribution in [0.3, 0.4) is 0 Å². The van der Waals surface area contributed by atoms with Gasteiger partial charge >= 0.3 is 0 Å². The lowest BCUT2D eigenvalue weighted by molar-refractivity contribution is 0.480. The fraction of sp³-hybridized carbons (Fsp3) is 0.133. The molecule has 90 valence electrons. The van der Waals surface area contributed by atoms with Crippen LogP contribution in [0.15, 0.2) is 42.5 Å². The molecule has 0 aliphatic heterocycles. The first-order valence-electron chi connectivity index (χ1n) is 5.82. The molecule has 0 spiro atoms. The molecule has 3 heteroatoms. The third kappa shape index (κ3) is 2.22. The number of fused-ring (bicyclic) bond motifs is 1. The van der Waals surface area contributed by atoms with Crippen molar-refractivity contribution in [3.63, 3.8) is 0 Å². The van der Waals surface area contributed by atoms with Crippen molar-refractivity contribution in [2.45, 2.75) is 13.8 Å². The van der Waals surface area contributed by atoms with Crippen molar-refractivity contribution in [2.75, 3.05) is 0 Å². The summed E-state index contributed by atoms with van der Waals surface area (Å²) in [6.07, 6.45) is 0. The Labute approximate surface area is 110 Å². The van der Waals surface area contributed by atoms with Crippen LogP contribution in [0.2, 0.25) is 0 Å². The fourth-order valence-electron chi connectivity index (χ4n) is 1.76. The molecule has 0 bridgehead atoms. The number of nitrogens with zero attached hydrogens (tertiary/aromatic N) is 1. The number of aromatic nitrogens is 1. The van der Waals surface area contributed by atoms with Crippen LogP contribution in [0.1, 0.15) is 11.1 Å². The van der Waals surface area contributed by atoms with Gasteiger partial charge in [0, 0.05) is 0 Å². The standard InChI is InChI=1S/C15H13NOS/c1-10-3-6-12(7-4-10)17-15-16-13-8-5-11(2)9-14(13)18-15/h3-9H,1-2H3. The van der Waals surface area contributed by atoms with E-state index < -0.39 is 0 Å². The van der Waals surface area contributed by atoms with Gasteiger partial charge in [0.05, 0.1) is 10.2 Å². The molecule has 0 aliphatic rings. The predicted octanol–water partition coefficient (Wildman–Crippen LogP) is 4.71. The number of aryl methyl sites for hydroxylation is 2. The van der Waals surface area contributed by atoms with Crippen molar-refractivity contribution in [1.82, 2.24) is 4.98 Å². The minimum Gasteiger partial charge on any atom is -0.431 e. The number of ether oxygens (including phenoxy) is 1. The molecule has 0 unspecified atom stereocenters. The molecule has 3 rings (SSSR count). The molecule has 0 radical (unpaired) electrons. The summed E-state index contributed by atoms with van der Waals surface area (Å²) in [6.45, 7) is 4.14. The Morgan fingerprint density at radius 2 is 1.67 bits per heavy atom. The SMILES string of the molecule is Cc1ccc(Oc2nc3ccc(C)cc3s2)cc1. The van der Waals surface area contributed by atoms with Gasteiger partial charge < -0.3 is 4.74 Å². The molecule has 0 aliphatic carbocycles.